The molecule has 2 rings (SSSR count). The topological polar surface area (TPSA) is 116 Å². The number of carboxylic acids is 1. The number of aliphatic carboxylic acids is 1. The molecule has 0 saturated carbocycles. The molecule has 0 heterocycles. The molecule has 0 aliphatic rings. The summed E-state index contributed by atoms with van der Waals surface area (Å²) in [7, 11) is 0. The van der Waals surface area contributed by atoms with Crippen LogP contribution in [0.2, 0.25) is 0 Å². The average molecular weight is 357 g/mol. The first-order valence-corrected chi connectivity index (χ1v) is 7.85. The van der Waals surface area contributed by atoms with Crippen LogP contribution in [0.25, 0.3) is 6.08 Å². The third-order valence-corrected chi connectivity index (χ3v) is 3.41. The molecule has 0 unspecified atom stereocenters. The highest BCUT2D eigenvalue weighted by Gasteiger charge is 2.05. The molecule has 2 aromatic rings. The molecule has 0 radical (unpaired) electrons. The lowest BCUT2D eigenvalue weighted by molar-refractivity contribution is -0.139. The van der Waals surface area contributed by atoms with Crippen LogP contribution >= 0.6 is 0 Å². The van der Waals surface area contributed by atoms with Crippen LogP contribution in [0.4, 0.5) is 0 Å². The third-order valence-electron chi connectivity index (χ3n) is 3.41. The van der Waals surface area contributed by atoms with Gasteiger partial charge in [0, 0.05) is 12.6 Å². The van der Waals surface area contributed by atoms with E-state index in [-0.39, 0.29) is 23.2 Å². The minimum absolute atomic E-state index is 0.0582. The number of carbonyl (C=O) groups is 2. The highest BCUT2D eigenvalue weighted by molar-refractivity contribution is 5.91. The number of carbonyl (C=O) groups excluding carboxylic acids is 1. The molecule has 0 aliphatic heterocycles. The van der Waals surface area contributed by atoms with E-state index in [2.05, 4.69) is 5.32 Å². The van der Waals surface area contributed by atoms with Crippen molar-refractivity contribution in [2.75, 3.05) is 13.2 Å². The summed E-state index contributed by atoms with van der Waals surface area (Å²) >= 11 is 0. The van der Waals surface area contributed by atoms with E-state index >= 15 is 0 Å². The number of benzene rings is 2. The number of amides is 1. The summed E-state index contributed by atoms with van der Waals surface area (Å²) in [6.07, 6.45) is 3.50. The van der Waals surface area contributed by atoms with Crippen molar-refractivity contribution in [3.8, 4) is 17.2 Å². The first-order valence-electron chi connectivity index (χ1n) is 7.85. The van der Waals surface area contributed by atoms with Crippen LogP contribution in [-0.4, -0.2) is 40.3 Å². The van der Waals surface area contributed by atoms with Crippen molar-refractivity contribution in [1.82, 2.24) is 5.32 Å². The van der Waals surface area contributed by atoms with Crippen LogP contribution in [0.5, 0.6) is 17.2 Å². The van der Waals surface area contributed by atoms with Crippen LogP contribution in [0.15, 0.2) is 48.5 Å². The minimum Gasteiger partial charge on any atom is -0.508 e. The van der Waals surface area contributed by atoms with Gasteiger partial charge in [-0.3, -0.25) is 4.79 Å². The largest absolute Gasteiger partial charge is 0.508 e. The summed E-state index contributed by atoms with van der Waals surface area (Å²) < 4.78 is 4.91. The van der Waals surface area contributed by atoms with Gasteiger partial charge < -0.3 is 25.4 Å². The fraction of sp³-hybridized carbons (Fsp3) is 0.158. The van der Waals surface area contributed by atoms with Gasteiger partial charge in [0.05, 0.1) is 0 Å². The van der Waals surface area contributed by atoms with E-state index in [4.69, 9.17) is 9.84 Å². The minimum atomic E-state index is -1.14. The van der Waals surface area contributed by atoms with E-state index in [1.807, 2.05) is 0 Å². The number of rotatable bonds is 8. The zero-order chi connectivity index (χ0) is 18.9. The van der Waals surface area contributed by atoms with Gasteiger partial charge >= 0.3 is 5.97 Å². The second-order valence-corrected chi connectivity index (χ2v) is 5.45. The van der Waals surface area contributed by atoms with Gasteiger partial charge in [0.15, 0.2) is 18.1 Å². The van der Waals surface area contributed by atoms with Crippen molar-refractivity contribution in [2.24, 2.45) is 0 Å². The third kappa shape index (κ3) is 6.20. The summed E-state index contributed by atoms with van der Waals surface area (Å²) in [5.41, 5.74) is 1.56. The monoisotopic (exact) mass is 357 g/mol. The average Bonchev–Trinajstić information content (AvgIpc) is 2.60. The lowest BCUT2D eigenvalue weighted by Crippen LogP contribution is -2.23. The van der Waals surface area contributed by atoms with Crippen molar-refractivity contribution in [3.05, 3.63) is 59.7 Å². The van der Waals surface area contributed by atoms with E-state index in [1.54, 1.807) is 30.3 Å². The Labute approximate surface area is 150 Å². The lowest BCUT2D eigenvalue weighted by Gasteiger charge is -2.06. The van der Waals surface area contributed by atoms with Crippen molar-refractivity contribution in [3.63, 3.8) is 0 Å². The number of ether oxygens (including phenoxy) is 1. The van der Waals surface area contributed by atoms with Gasteiger partial charge in [0.25, 0.3) is 0 Å². The number of aromatic hydroxyl groups is 2. The standard InChI is InChI=1S/C19H19NO6/c21-15-5-1-13(2-6-15)9-10-20-18(23)8-4-14-3-7-17(16(22)11-14)26-12-19(24)25/h1-8,11,21-22H,9-10,12H2,(H,20,23)(H,24,25). The van der Waals surface area contributed by atoms with Gasteiger partial charge in [-0.25, -0.2) is 4.79 Å². The Morgan fingerprint density at radius 2 is 1.81 bits per heavy atom. The molecule has 26 heavy (non-hydrogen) atoms. The molecule has 2 aromatic carbocycles. The molecule has 136 valence electrons. The van der Waals surface area contributed by atoms with E-state index in [0.29, 0.717) is 18.5 Å². The second kappa shape index (κ2) is 9.12. The SMILES string of the molecule is O=C(O)COc1ccc(C=CC(=O)NCCc2ccc(O)cc2)cc1O. The first-order chi connectivity index (χ1) is 12.4. The van der Waals surface area contributed by atoms with Crippen LogP contribution in [-0.2, 0) is 16.0 Å². The number of nitrogens with one attached hydrogen (secondary N) is 1. The van der Waals surface area contributed by atoms with Gasteiger partial charge in [-0.2, -0.15) is 0 Å². The molecule has 0 spiro atoms. The Morgan fingerprint density at radius 1 is 1.08 bits per heavy atom. The molecule has 0 atom stereocenters. The number of phenolic OH excluding ortho intramolecular Hbond substituents is 2. The van der Waals surface area contributed by atoms with E-state index in [0.717, 1.165) is 5.56 Å². The molecular weight excluding hydrogens is 338 g/mol. The number of carboxylic acid groups (broad SMARTS) is 1. The number of phenols is 2. The zero-order valence-corrected chi connectivity index (χ0v) is 13.9. The molecule has 7 heteroatoms. The predicted molar refractivity (Wildman–Crippen MR) is 95.1 cm³/mol. The van der Waals surface area contributed by atoms with Crippen molar-refractivity contribution in [1.29, 1.82) is 0 Å². The van der Waals surface area contributed by atoms with Gasteiger partial charge in [-0.15, -0.1) is 0 Å². The smallest absolute Gasteiger partial charge is 0.341 e. The van der Waals surface area contributed by atoms with Crippen LogP contribution < -0.4 is 10.1 Å². The van der Waals surface area contributed by atoms with Crippen LogP contribution in [0.1, 0.15) is 11.1 Å². The Morgan fingerprint density at radius 3 is 2.46 bits per heavy atom. The van der Waals surface area contributed by atoms with Crippen LogP contribution in [0.3, 0.4) is 0 Å². The molecule has 0 aromatic heterocycles. The van der Waals surface area contributed by atoms with E-state index < -0.39 is 12.6 Å². The van der Waals surface area contributed by atoms with Gasteiger partial charge in [-0.05, 0) is 47.9 Å². The van der Waals surface area contributed by atoms with E-state index in [1.165, 1.54) is 24.3 Å². The van der Waals surface area contributed by atoms with Gasteiger partial charge in [-0.1, -0.05) is 18.2 Å². The fourth-order valence-corrected chi connectivity index (χ4v) is 2.12. The summed E-state index contributed by atoms with van der Waals surface area (Å²) in [5.74, 6) is -1.38. The normalized spacial score (nSPS) is 10.6. The first kappa shape index (κ1) is 18.9. The Balaban J connectivity index is 1.82. The molecule has 4 N–H and O–H groups in total. The van der Waals surface area contributed by atoms with Crippen LogP contribution in [0, 0.1) is 0 Å². The van der Waals surface area contributed by atoms with Crippen molar-refractivity contribution in [2.45, 2.75) is 6.42 Å². The summed E-state index contributed by atoms with van der Waals surface area (Å²) in [6.45, 7) is -0.104. The lowest BCUT2D eigenvalue weighted by atomic mass is 10.1. The molecule has 1 amide bonds. The highest BCUT2D eigenvalue weighted by atomic mass is 16.5. The summed E-state index contributed by atoms with van der Waals surface area (Å²) in [4.78, 5) is 22.2. The van der Waals surface area contributed by atoms with Gasteiger partial charge in [0.2, 0.25) is 5.91 Å². The molecule has 0 aliphatic carbocycles. The van der Waals surface area contributed by atoms with E-state index in [9.17, 15) is 19.8 Å². The highest BCUT2D eigenvalue weighted by Crippen LogP contribution is 2.27. The second-order valence-electron chi connectivity index (χ2n) is 5.45. The van der Waals surface area contributed by atoms with Gasteiger partial charge in [0.1, 0.15) is 5.75 Å². The quantitative estimate of drug-likeness (QED) is 0.537. The number of hydrogen-bond acceptors (Lipinski definition) is 5. The summed E-state index contributed by atoms with van der Waals surface area (Å²) in [5, 5.41) is 30.3. The zero-order valence-electron chi connectivity index (χ0n) is 13.9. The molecular formula is C19H19NO6. The fourth-order valence-electron chi connectivity index (χ4n) is 2.12. The molecule has 7 nitrogen and oxygen atoms in total. The maximum atomic E-state index is 11.8. The maximum Gasteiger partial charge on any atom is 0.341 e. The Bertz CT molecular complexity index is 798. The predicted octanol–water partition coefficient (Wildman–Crippen LogP) is 1.93. The maximum absolute atomic E-state index is 11.8. The molecule has 0 saturated heterocycles. The van der Waals surface area contributed by atoms with Crippen molar-refractivity contribution < 1.29 is 29.6 Å². The Kier molecular flexibility index (Phi) is 6.61. The molecule has 0 bridgehead atoms. The molecule has 0 fully saturated rings. The Hall–Kier alpha value is -3.48. The summed E-state index contributed by atoms with van der Waals surface area (Å²) in [6, 6.07) is 11.2. The van der Waals surface area contributed by atoms with Crippen molar-refractivity contribution >= 4 is 18.0 Å². The number of hydrogen-bond donors (Lipinski definition) is 4.